The molecular formula is C21H28N4O4. The standard InChI is InChI=1S/C21H28N4O4/c1-15-19(25-12-6-4-7-17(25)23-15)20(27)22-11-5-2-3-8-18(26)24-13-9-16(10-14-24)21(28)29/h4,6-7,12,16H,2-3,5,8-11,13-14H2,1H3,(H,22,27)(H,28,29). The van der Waals surface area contributed by atoms with E-state index in [-0.39, 0.29) is 17.7 Å². The van der Waals surface area contributed by atoms with Crippen molar-refractivity contribution >= 4 is 23.4 Å². The Balaban J connectivity index is 1.34. The minimum Gasteiger partial charge on any atom is -0.481 e. The highest BCUT2D eigenvalue weighted by molar-refractivity contribution is 5.94. The zero-order chi connectivity index (χ0) is 20.8. The molecule has 1 aliphatic heterocycles. The number of amides is 2. The van der Waals surface area contributed by atoms with Gasteiger partial charge < -0.3 is 15.3 Å². The third-order valence-electron chi connectivity index (χ3n) is 5.47. The third kappa shape index (κ3) is 5.13. The Morgan fingerprint density at radius 1 is 1.17 bits per heavy atom. The lowest BCUT2D eigenvalue weighted by Crippen LogP contribution is -2.40. The van der Waals surface area contributed by atoms with Gasteiger partial charge in [0.1, 0.15) is 11.3 Å². The molecule has 2 N–H and O–H groups in total. The van der Waals surface area contributed by atoms with Crippen LogP contribution in [0, 0.1) is 12.8 Å². The first-order valence-corrected chi connectivity index (χ1v) is 10.2. The molecule has 0 bridgehead atoms. The summed E-state index contributed by atoms with van der Waals surface area (Å²) in [6.45, 7) is 3.44. The molecule has 1 fully saturated rings. The van der Waals surface area contributed by atoms with Crippen LogP contribution in [0.15, 0.2) is 24.4 Å². The van der Waals surface area contributed by atoms with Gasteiger partial charge in [0, 0.05) is 32.3 Å². The number of likely N-dealkylation sites (tertiary alicyclic amines) is 1. The molecule has 156 valence electrons. The SMILES string of the molecule is Cc1nc2ccccn2c1C(=O)NCCCCCC(=O)N1CCC(C(=O)O)CC1. The van der Waals surface area contributed by atoms with Crippen LogP contribution in [-0.4, -0.2) is 56.8 Å². The van der Waals surface area contributed by atoms with Crippen LogP contribution >= 0.6 is 0 Å². The predicted octanol–water partition coefficient (Wildman–Crippen LogP) is 2.26. The number of piperidine rings is 1. The van der Waals surface area contributed by atoms with Crippen molar-refractivity contribution in [2.24, 2.45) is 5.92 Å². The van der Waals surface area contributed by atoms with Gasteiger partial charge in [0.2, 0.25) is 5.91 Å². The fraction of sp³-hybridized carbons (Fsp3) is 0.524. The van der Waals surface area contributed by atoms with Crippen LogP contribution in [0.1, 0.15) is 54.7 Å². The molecule has 2 aromatic heterocycles. The van der Waals surface area contributed by atoms with E-state index in [1.54, 1.807) is 9.30 Å². The summed E-state index contributed by atoms with van der Waals surface area (Å²) in [4.78, 5) is 41.9. The number of nitrogens with zero attached hydrogens (tertiary/aromatic N) is 3. The molecular weight excluding hydrogens is 372 g/mol. The smallest absolute Gasteiger partial charge is 0.306 e. The number of imidazole rings is 1. The minimum absolute atomic E-state index is 0.0965. The Bertz CT molecular complexity index is 884. The number of aliphatic carboxylic acids is 1. The van der Waals surface area contributed by atoms with Crippen molar-refractivity contribution in [1.82, 2.24) is 19.6 Å². The number of unbranched alkanes of at least 4 members (excludes halogenated alkanes) is 2. The molecule has 0 atom stereocenters. The maximum atomic E-state index is 12.5. The van der Waals surface area contributed by atoms with Gasteiger partial charge in [0.05, 0.1) is 11.6 Å². The predicted molar refractivity (Wildman–Crippen MR) is 108 cm³/mol. The molecule has 0 saturated carbocycles. The second-order valence-corrected chi connectivity index (χ2v) is 7.53. The number of hydrogen-bond acceptors (Lipinski definition) is 4. The number of aromatic nitrogens is 2. The van der Waals surface area contributed by atoms with Gasteiger partial charge in [-0.15, -0.1) is 0 Å². The second-order valence-electron chi connectivity index (χ2n) is 7.53. The monoisotopic (exact) mass is 400 g/mol. The van der Waals surface area contributed by atoms with E-state index >= 15 is 0 Å². The summed E-state index contributed by atoms with van der Waals surface area (Å²) in [5.74, 6) is -1.13. The van der Waals surface area contributed by atoms with Gasteiger partial charge in [-0.1, -0.05) is 12.5 Å². The highest BCUT2D eigenvalue weighted by Crippen LogP contribution is 2.18. The van der Waals surface area contributed by atoms with Crippen molar-refractivity contribution in [3.8, 4) is 0 Å². The van der Waals surface area contributed by atoms with E-state index in [0.29, 0.717) is 50.3 Å². The zero-order valence-corrected chi connectivity index (χ0v) is 16.8. The summed E-state index contributed by atoms with van der Waals surface area (Å²) < 4.78 is 1.79. The number of carboxylic acids is 1. The van der Waals surface area contributed by atoms with E-state index in [2.05, 4.69) is 10.3 Å². The van der Waals surface area contributed by atoms with Crippen molar-refractivity contribution in [3.05, 3.63) is 35.8 Å². The van der Waals surface area contributed by atoms with Crippen LogP contribution in [0.2, 0.25) is 0 Å². The molecule has 1 aliphatic rings. The van der Waals surface area contributed by atoms with E-state index in [1.807, 2.05) is 31.3 Å². The number of aryl methyl sites for hydroxylation is 1. The van der Waals surface area contributed by atoms with Crippen LogP contribution in [-0.2, 0) is 9.59 Å². The summed E-state index contributed by atoms with van der Waals surface area (Å²) in [5.41, 5.74) is 2.01. The van der Waals surface area contributed by atoms with Crippen molar-refractivity contribution in [1.29, 1.82) is 0 Å². The van der Waals surface area contributed by atoms with Gasteiger partial charge in [-0.2, -0.15) is 0 Å². The molecule has 0 aliphatic carbocycles. The lowest BCUT2D eigenvalue weighted by molar-refractivity contribution is -0.145. The number of pyridine rings is 1. The Morgan fingerprint density at radius 2 is 1.93 bits per heavy atom. The van der Waals surface area contributed by atoms with Gasteiger partial charge in [-0.3, -0.25) is 18.8 Å². The fourth-order valence-corrected chi connectivity index (χ4v) is 3.78. The first-order chi connectivity index (χ1) is 14.0. The largest absolute Gasteiger partial charge is 0.481 e. The topological polar surface area (TPSA) is 104 Å². The second kappa shape index (κ2) is 9.54. The molecule has 8 heteroatoms. The molecule has 3 rings (SSSR count). The van der Waals surface area contributed by atoms with Crippen molar-refractivity contribution < 1.29 is 19.5 Å². The van der Waals surface area contributed by atoms with Crippen LogP contribution in [0.25, 0.3) is 5.65 Å². The maximum absolute atomic E-state index is 12.5. The highest BCUT2D eigenvalue weighted by Gasteiger charge is 2.26. The number of hydrogen-bond donors (Lipinski definition) is 2. The van der Waals surface area contributed by atoms with E-state index in [9.17, 15) is 14.4 Å². The summed E-state index contributed by atoms with van der Waals surface area (Å²) in [5, 5.41) is 11.9. The van der Waals surface area contributed by atoms with Crippen LogP contribution in [0.4, 0.5) is 0 Å². The number of fused-ring (bicyclic) bond motifs is 1. The average molecular weight is 400 g/mol. The lowest BCUT2D eigenvalue weighted by Gasteiger charge is -2.30. The molecule has 1 saturated heterocycles. The minimum atomic E-state index is -0.765. The lowest BCUT2D eigenvalue weighted by atomic mass is 9.97. The summed E-state index contributed by atoms with van der Waals surface area (Å²) in [7, 11) is 0. The summed E-state index contributed by atoms with van der Waals surface area (Å²) >= 11 is 0. The van der Waals surface area contributed by atoms with Crippen molar-refractivity contribution in [2.75, 3.05) is 19.6 Å². The van der Waals surface area contributed by atoms with Crippen LogP contribution < -0.4 is 5.32 Å². The molecule has 0 radical (unpaired) electrons. The molecule has 29 heavy (non-hydrogen) atoms. The Morgan fingerprint density at radius 3 is 2.66 bits per heavy atom. The number of carbonyl (C=O) groups is 3. The Kier molecular flexibility index (Phi) is 6.85. The number of carboxylic acid groups (broad SMARTS) is 1. The highest BCUT2D eigenvalue weighted by atomic mass is 16.4. The van der Waals surface area contributed by atoms with E-state index in [1.165, 1.54) is 0 Å². The summed E-state index contributed by atoms with van der Waals surface area (Å²) in [6.07, 6.45) is 5.79. The molecule has 8 nitrogen and oxygen atoms in total. The number of carbonyl (C=O) groups excluding carboxylic acids is 2. The van der Waals surface area contributed by atoms with E-state index in [4.69, 9.17) is 5.11 Å². The molecule has 2 amide bonds. The van der Waals surface area contributed by atoms with Gasteiger partial charge in [0.15, 0.2) is 0 Å². The fourth-order valence-electron chi connectivity index (χ4n) is 3.78. The number of rotatable bonds is 8. The van der Waals surface area contributed by atoms with Crippen molar-refractivity contribution in [2.45, 2.75) is 45.4 Å². The van der Waals surface area contributed by atoms with Gasteiger partial charge >= 0.3 is 5.97 Å². The first kappa shape index (κ1) is 20.8. The first-order valence-electron chi connectivity index (χ1n) is 10.2. The van der Waals surface area contributed by atoms with E-state index in [0.717, 1.165) is 24.9 Å². The van der Waals surface area contributed by atoms with E-state index < -0.39 is 5.97 Å². The molecule has 2 aromatic rings. The quantitative estimate of drug-likeness (QED) is 0.662. The zero-order valence-electron chi connectivity index (χ0n) is 16.8. The normalized spacial score (nSPS) is 14.9. The van der Waals surface area contributed by atoms with Gasteiger partial charge in [-0.05, 0) is 44.7 Å². The molecule has 0 spiro atoms. The average Bonchev–Trinajstić information content (AvgIpc) is 3.06. The Labute approximate surface area is 169 Å². The maximum Gasteiger partial charge on any atom is 0.306 e. The molecule has 0 aromatic carbocycles. The summed E-state index contributed by atoms with van der Waals surface area (Å²) in [6, 6.07) is 5.62. The van der Waals surface area contributed by atoms with Crippen LogP contribution in [0.3, 0.4) is 0 Å². The number of nitrogens with one attached hydrogen (secondary N) is 1. The van der Waals surface area contributed by atoms with Crippen molar-refractivity contribution in [3.63, 3.8) is 0 Å². The molecule has 3 heterocycles. The molecule has 0 unspecified atom stereocenters. The van der Waals surface area contributed by atoms with Crippen LogP contribution in [0.5, 0.6) is 0 Å². The third-order valence-corrected chi connectivity index (χ3v) is 5.47. The Hall–Kier alpha value is -2.90. The van der Waals surface area contributed by atoms with Gasteiger partial charge in [-0.25, -0.2) is 4.98 Å². The van der Waals surface area contributed by atoms with Gasteiger partial charge in [0.25, 0.3) is 5.91 Å².